The molecule has 3 nitrogen and oxygen atoms in total. The van der Waals surface area contributed by atoms with E-state index in [1.807, 2.05) is 12.1 Å². The van der Waals surface area contributed by atoms with Gasteiger partial charge in [0.2, 0.25) is 0 Å². The number of esters is 1. The van der Waals surface area contributed by atoms with Crippen molar-refractivity contribution in [2.75, 3.05) is 31.8 Å². The zero-order valence-corrected chi connectivity index (χ0v) is 9.91. The van der Waals surface area contributed by atoms with E-state index in [9.17, 15) is 9.18 Å². The summed E-state index contributed by atoms with van der Waals surface area (Å²) in [6.45, 7) is 1.25. The molecule has 0 unspecified atom stereocenters. The first-order valence-electron chi connectivity index (χ1n) is 5.79. The molecular weight excluding hydrogens is 221 g/mol. The number of carbonyl (C=O) groups excluding carboxylic acids is 1. The van der Waals surface area contributed by atoms with Crippen LogP contribution in [0.15, 0.2) is 18.2 Å². The highest BCUT2D eigenvalue weighted by Crippen LogP contribution is 2.31. The Hall–Kier alpha value is -1.58. The summed E-state index contributed by atoms with van der Waals surface area (Å²) in [4.78, 5) is 13.7. The molecule has 0 aromatic heterocycles. The Labute approximate surface area is 100 Å². The fraction of sp³-hybridized carbons (Fsp3) is 0.462. The van der Waals surface area contributed by atoms with Crippen LogP contribution in [0.25, 0.3) is 0 Å². The largest absolute Gasteiger partial charge is 0.465 e. The van der Waals surface area contributed by atoms with Crippen LogP contribution in [0, 0.1) is 0 Å². The lowest BCUT2D eigenvalue weighted by atomic mass is 10.1. The van der Waals surface area contributed by atoms with E-state index in [-0.39, 0.29) is 12.6 Å². The van der Waals surface area contributed by atoms with Crippen LogP contribution >= 0.6 is 0 Å². The van der Waals surface area contributed by atoms with Crippen molar-refractivity contribution in [2.24, 2.45) is 0 Å². The molecule has 1 aromatic rings. The first-order valence-corrected chi connectivity index (χ1v) is 5.79. The van der Waals surface area contributed by atoms with Crippen LogP contribution in [0.1, 0.15) is 22.3 Å². The Morgan fingerprint density at radius 3 is 3.06 bits per heavy atom. The van der Waals surface area contributed by atoms with Crippen LogP contribution < -0.4 is 4.90 Å². The quantitative estimate of drug-likeness (QED) is 0.752. The number of hydrogen-bond donors (Lipinski definition) is 0. The van der Waals surface area contributed by atoms with Crippen LogP contribution in [0.3, 0.4) is 0 Å². The normalized spacial score (nSPS) is 13.6. The zero-order valence-electron chi connectivity index (χ0n) is 9.91. The lowest BCUT2D eigenvalue weighted by molar-refractivity contribution is 0.0600. The predicted molar refractivity (Wildman–Crippen MR) is 64.3 cm³/mol. The SMILES string of the molecule is COC(=O)c1cccc2c1CCN2CCCF. The van der Waals surface area contributed by atoms with Gasteiger partial charge in [0.1, 0.15) is 0 Å². The maximum absolute atomic E-state index is 12.2. The molecular formula is C13H16FNO2. The van der Waals surface area contributed by atoms with Gasteiger partial charge in [-0.25, -0.2) is 4.79 Å². The number of benzene rings is 1. The van der Waals surface area contributed by atoms with Gasteiger partial charge in [0, 0.05) is 18.8 Å². The number of alkyl halides is 1. The predicted octanol–water partition coefficient (Wildman–Crippen LogP) is 2.20. The Kier molecular flexibility index (Phi) is 3.61. The van der Waals surface area contributed by atoms with Gasteiger partial charge < -0.3 is 9.64 Å². The average molecular weight is 237 g/mol. The number of hydrogen-bond acceptors (Lipinski definition) is 3. The molecule has 0 aliphatic carbocycles. The van der Waals surface area contributed by atoms with Crippen molar-refractivity contribution in [3.63, 3.8) is 0 Å². The summed E-state index contributed by atoms with van der Waals surface area (Å²) in [5, 5.41) is 0. The first-order chi connectivity index (χ1) is 8.27. The van der Waals surface area contributed by atoms with Crippen molar-refractivity contribution in [2.45, 2.75) is 12.8 Å². The Morgan fingerprint density at radius 1 is 1.53 bits per heavy atom. The number of nitrogens with zero attached hydrogens (tertiary/aromatic N) is 1. The second kappa shape index (κ2) is 5.17. The lowest BCUT2D eigenvalue weighted by Gasteiger charge is -2.18. The van der Waals surface area contributed by atoms with Crippen LogP contribution in [0.4, 0.5) is 10.1 Å². The number of anilines is 1. The van der Waals surface area contributed by atoms with Crippen molar-refractivity contribution in [1.29, 1.82) is 0 Å². The molecule has 0 saturated heterocycles. The van der Waals surface area contributed by atoms with Crippen molar-refractivity contribution < 1.29 is 13.9 Å². The lowest BCUT2D eigenvalue weighted by Crippen LogP contribution is -2.21. The van der Waals surface area contributed by atoms with Crippen LogP contribution in [0.5, 0.6) is 0 Å². The van der Waals surface area contributed by atoms with Gasteiger partial charge in [-0.3, -0.25) is 4.39 Å². The van der Waals surface area contributed by atoms with E-state index in [1.165, 1.54) is 7.11 Å². The molecule has 0 N–H and O–H groups in total. The average Bonchev–Trinajstić information content (AvgIpc) is 2.78. The van der Waals surface area contributed by atoms with Gasteiger partial charge in [0.05, 0.1) is 19.3 Å². The number of rotatable bonds is 4. The minimum absolute atomic E-state index is 0.297. The van der Waals surface area contributed by atoms with Crippen molar-refractivity contribution >= 4 is 11.7 Å². The zero-order chi connectivity index (χ0) is 12.3. The van der Waals surface area contributed by atoms with E-state index in [1.54, 1.807) is 6.07 Å². The molecule has 1 heterocycles. The first kappa shape index (κ1) is 11.9. The van der Waals surface area contributed by atoms with E-state index in [2.05, 4.69) is 4.90 Å². The maximum Gasteiger partial charge on any atom is 0.338 e. The number of methoxy groups -OCH3 is 1. The van der Waals surface area contributed by atoms with Gasteiger partial charge in [-0.15, -0.1) is 0 Å². The molecule has 1 aliphatic rings. The van der Waals surface area contributed by atoms with Crippen molar-refractivity contribution in [3.8, 4) is 0 Å². The van der Waals surface area contributed by atoms with Gasteiger partial charge in [0.15, 0.2) is 0 Å². The molecule has 0 amide bonds. The standard InChI is InChI=1S/C13H16FNO2/c1-17-13(16)11-4-2-5-12-10(11)6-9-15(12)8-3-7-14/h2,4-5H,3,6-9H2,1H3. The van der Waals surface area contributed by atoms with E-state index < -0.39 is 0 Å². The third-order valence-electron chi connectivity index (χ3n) is 3.09. The third kappa shape index (κ3) is 2.25. The molecule has 0 bridgehead atoms. The van der Waals surface area contributed by atoms with E-state index in [4.69, 9.17) is 4.74 Å². The van der Waals surface area contributed by atoms with Gasteiger partial charge in [-0.1, -0.05) is 6.07 Å². The highest BCUT2D eigenvalue weighted by Gasteiger charge is 2.23. The summed E-state index contributed by atoms with van der Waals surface area (Å²) < 4.78 is 16.9. The van der Waals surface area contributed by atoms with Crippen LogP contribution in [-0.4, -0.2) is 32.8 Å². The van der Waals surface area contributed by atoms with E-state index >= 15 is 0 Å². The van der Waals surface area contributed by atoms with Gasteiger partial charge in [0.25, 0.3) is 0 Å². The summed E-state index contributed by atoms with van der Waals surface area (Å²) >= 11 is 0. The van der Waals surface area contributed by atoms with Crippen LogP contribution in [0.2, 0.25) is 0 Å². The minimum atomic E-state index is -0.303. The van der Waals surface area contributed by atoms with Crippen molar-refractivity contribution in [1.82, 2.24) is 0 Å². The summed E-state index contributed by atoms with van der Waals surface area (Å²) in [7, 11) is 1.39. The molecule has 92 valence electrons. The fourth-order valence-corrected chi connectivity index (χ4v) is 2.28. The Bertz CT molecular complexity index is 420. The number of ether oxygens (including phenoxy) is 1. The fourth-order valence-electron chi connectivity index (χ4n) is 2.28. The molecule has 0 spiro atoms. The van der Waals surface area contributed by atoms with E-state index in [0.29, 0.717) is 18.5 Å². The van der Waals surface area contributed by atoms with Gasteiger partial charge in [-0.05, 0) is 30.5 Å². The molecule has 4 heteroatoms. The van der Waals surface area contributed by atoms with Gasteiger partial charge in [-0.2, -0.15) is 0 Å². The Morgan fingerprint density at radius 2 is 2.35 bits per heavy atom. The number of carbonyl (C=O) groups is 1. The molecule has 2 rings (SSSR count). The highest BCUT2D eigenvalue weighted by atomic mass is 19.1. The third-order valence-corrected chi connectivity index (χ3v) is 3.09. The molecule has 0 radical (unpaired) electrons. The molecule has 0 atom stereocenters. The molecule has 1 aliphatic heterocycles. The van der Waals surface area contributed by atoms with E-state index in [0.717, 1.165) is 24.2 Å². The maximum atomic E-state index is 12.2. The topological polar surface area (TPSA) is 29.5 Å². The molecule has 0 fully saturated rings. The van der Waals surface area contributed by atoms with Crippen molar-refractivity contribution in [3.05, 3.63) is 29.3 Å². The number of fused-ring (bicyclic) bond motifs is 1. The smallest absolute Gasteiger partial charge is 0.338 e. The molecule has 1 aromatic carbocycles. The minimum Gasteiger partial charge on any atom is -0.465 e. The summed E-state index contributed by atoms with van der Waals surface area (Å²) in [6, 6.07) is 5.61. The van der Waals surface area contributed by atoms with Gasteiger partial charge >= 0.3 is 5.97 Å². The number of halogens is 1. The monoisotopic (exact) mass is 237 g/mol. The summed E-state index contributed by atoms with van der Waals surface area (Å²) in [5.41, 5.74) is 2.70. The van der Waals surface area contributed by atoms with Crippen LogP contribution in [-0.2, 0) is 11.2 Å². The second-order valence-corrected chi connectivity index (χ2v) is 4.07. The highest BCUT2D eigenvalue weighted by molar-refractivity contribution is 5.93. The second-order valence-electron chi connectivity index (χ2n) is 4.07. The summed E-state index contributed by atoms with van der Waals surface area (Å²) in [6.07, 6.45) is 1.36. The summed E-state index contributed by atoms with van der Waals surface area (Å²) in [5.74, 6) is -0.297. The Balaban J connectivity index is 2.26. The molecule has 17 heavy (non-hydrogen) atoms. The molecule has 0 saturated carbocycles.